The lowest BCUT2D eigenvalue weighted by Gasteiger charge is -2.19. The maximum absolute atomic E-state index is 11.4. The Morgan fingerprint density at radius 3 is 2.63 bits per heavy atom. The van der Waals surface area contributed by atoms with E-state index in [-0.39, 0.29) is 28.9 Å². The zero-order chi connectivity index (χ0) is 18.7. The van der Waals surface area contributed by atoms with Gasteiger partial charge in [-0.1, -0.05) is 18.2 Å². The highest BCUT2D eigenvalue weighted by Crippen LogP contribution is 2.27. The molecule has 0 spiro atoms. The van der Waals surface area contributed by atoms with Crippen LogP contribution in [0.25, 0.3) is 0 Å². The van der Waals surface area contributed by atoms with E-state index in [0.29, 0.717) is 12.5 Å². The van der Waals surface area contributed by atoms with Crippen molar-refractivity contribution in [3.8, 4) is 0 Å². The van der Waals surface area contributed by atoms with Crippen molar-refractivity contribution in [3.05, 3.63) is 58.7 Å². The lowest BCUT2D eigenvalue weighted by atomic mass is 9.90. The fourth-order valence-corrected chi connectivity index (χ4v) is 3.87. The number of halogens is 1. The van der Waals surface area contributed by atoms with Gasteiger partial charge in [-0.3, -0.25) is 0 Å². The number of nitrogens with two attached hydrogens (primary N) is 2. The van der Waals surface area contributed by atoms with Crippen LogP contribution in [-0.2, 0) is 29.4 Å². The highest BCUT2D eigenvalue weighted by molar-refractivity contribution is 14.0. The number of hydrogen-bond donors (Lipinski definition) is 3. The Kier molecular flexibility index (Phi) is 7.24. The van der Waals surface area contributed by atoms with Gasteiger partial charge in [-0.25, -0.2) is 18.5 Å². The Morgan fingerprint density at radius 1 is 1.19 bits per heavy atom. The summed E-state index contributed by atoms with van der Waals surface area (Å²) in [7, 11) is -3.70. The largest absolute Gasteiger partial charge is 0.370 e. The second kappa shape index (κ2) is 9.03. The molecule has 0 fully saturated rings. The van der Waals surface area contributed by atoms with E-state index in [9.17, 15) is 8.42 Å². The smallest absolute Gasteiger partial charge is 0.238 e. The van der Waals surface area contributed by atoms with E-state index in [1.54, 1.807) is 12.1 Å². The Bertz CT molecular complexity index is 958. The monoisotopic (exact) mass is 500 g/mol. The molecule has 0 aliphatic heterocycles. The average Bonchev–Trinajstić information content (AvgIpc) is 2.60. The first-order valence-electron chi connectivity index (χ1n) is 8.64. The topological polar surface area (TPSA) is 111 Å². The van der Waals surface area contributed by atoms with E-state index in [1.165, 1.54) is 30.0 Å². The van der Waals surface area contributed by atoms with Gasteiger partial charge < -0.3 is 11.1 Å². The van der Waals surface area contributed by atoms with Gasteiger partial charge in [0.25, 0.3) is 0 Å². The zero-order valence-electron chi connectivity index (χ0n) is 15.2. The third-order valence-corrected chi connectivity index (χ3v) is 5.63. The number of guanidine groups is 1. The summed E-state index contributed by atoms with van der Waals surface area (Å²) in [6.45, 7) is 2.20. The van der Waals surface area contributed by atoms with E-state index in [0.717, 1.165) is 29.7 Å². The average molecular weight is 500 g/mol. The fraction of sp³-hybridized carbons (Fsp3) is 0.316. The molecule has 1 aliphatic rings. The minimum absolute atomic E-state index is 0. The van der Waals surface area contributed by atoms with Crippen LogP contribution in [0.2, 0.25) is 0 Å². The molecule has 146 valence electrons. The summed E-state index contributed by atoms with van der Waals surface area (Å²) in [5.74, 6) is 0.346. The van der Waals surface area contributed by atoms with Crippen LogP contribution in [0, 0.1) is 6.92 Å². The van der Waals surface area contributed by atoms with Crippen molar-refractivity contribution in [2.45, 2.75) is 44.0 Å². The minimum Gasteiger partial charge on any atom is -0.370 e. The third kappa shape index (κ3) is 5.43. The van der Waals surface area contributed by atoms with Crippen molar-refractivity contribution in [3.63, 3.8) is 0 Å². The van der Waals surface area contributed by atoms with Crippen LogP contribution in [0.1, 0.15) is 35.1 Å². The second-order valence-electron chi connectivity index (χ2n) is 6.61. The van der Waals surface area contributed by atoms with Gasteiger partial charge >= 0.3 is 0 Å². The lowest BCUT2D eigenvalue weighted by Crippen LogP contribution is -2.24. The third-order valence-electron chi connectivity index (χ3n) is 4.72. The maximum Gasteiger partial charge on any atom is 0.238 e. The van der Waals surface area contributed by atoms with Gasteiger partial charge in [-0.05, 0) is 73.1 Å². The molecule has 0 amide bonds. The first kappa shape index (κ1) is 21.6. The number of fused-ring (bicyclic) bond motifs is 1. The second-order valence-corrected chi connectivity index (χ2v) is 8.17. The van der Waals surface area contributed by atoms with E-state index in [2.05, 4.69) is 16.4 Å². The predicted molar refractivity (Wildman–Crippen MR) is 120 cm³/mol. The van der Waals surface area contributed by atoms with Crippen LogP contribution >= 0.6 is 24.0 Å². The highest BCUT2D eigenvalue weighted by Gasteiger charge is 2.13. The summed E-state index contributed by atoms with van der Waals surface area (Å²) in [5, 5.41) is 8.36. The molecule has 0 saturated carbocycles. The van der Waals surface area contributed by atoms with Crippen molar-refractivity contribution < 1.29 is 8.42 Å². The minimum atomic E-state index is -3.70. The van der Waals surface area contributed by atoms with Gasteiger partial charge in [0.2, 0.25) is 10.0 Å². The summed E-state index contributed by atoms with van der Waals surface area (Å²) < 4.78 is 22.8. The van der Waals surface area contributed by atoms with Crippen LogP contribution in [0.4, 0.5) is 5.69 Å². The molecule has 2 aromatic rings. The molecule has 0 saturated heterocycles. The Labute approximate surface area is 177 Å². The number of primary sulfonamides is 1. The standard InChI is InChI=1S/C19H24N4O2S.HI/c1-13-11-16(26(21,24)25)10-9-15(13)12-22-19(20)23-18-8-4-6-14-5-2-3-7-17(14)18;/h4,6,8-11H,2-3,5,7,12H2,1H3,(H3,20,22,23)(H2,21,24,25);1H. The first-order chi connectivity index (χ1) is 12.3. The molecule has 0 heterocycles. The molecular formula is C19H25IN4O2S. The molecule has 0 aromatic heterocycles. The van der Waals surface area contributed by atoms with Gasteiger partial charge in [0.15, 0.2) is 5.96 Å². The quantitative estimate of drug-likeness (QED) is 0.341. The maximum atomic E-state index is 11.4. The molecule has 6 nitrogen and oxygen atoms in total. The normalized spacial score (nSPS) is 14.2. The SMILES string of the molecule is Cc1cc(S(N)(=O)=O)ccc1CN=C(N)Nc1cccc2c1CCCC2.I. The Balaban J connectivity index is 0.00000261. The molecule has 5 N–H and O–H groups in total. The highest BCUT2D eigenvalue weighted by atomic mass is 127. The summed E-state index contributed by atoms with van der Waals surface area (Å²) in [6, 6.07) is 11.0. The van der Waals surface area contributed by atoms with E-state index in [4.69, 9.17) is 10.9 Å². The summed E-state index contributed by atoms with van der Waals surface area (Å²) in [5.41, 5.74) is 11.5. The van der Waals surface area contributed by atoms with Crippen LogP contribution in [0.15, 0.2) is 46.3 Å². The number of anilines is 1. The molecule has 1 aliphatic carbocycles. The van der Waals surface area contributed by atoms with E-state index < -0.39 is 10.0 Å². The summed E-state index contributed by atoms with van der Waals surface area (Å²) in [4.78, 5) is 4.50. The van der Waals surface area contributed by atoms with Crippen molar-refractivity contribution in [1.29, 1.82) is 0 Å². The number of aryl methyl sites for hydroxylation is 2. The molecule has 8 heteroatoms. The lowest BCUT2D eigenvalue weighted by molar-refractivity contribution is 0.597. The van der Waals surface area contributed by atoms with Crippen LogP contribution in [0.3, 0.4) is 0 Å². The number of sulfonamides is 1. The Morgan fingerprint density at radius 2 is 1.93 bits per heavy atom. The first-order valence-corrected chi connectivity index (χ1v) is 10.2. The molecular weight excluding hydrogens is 475 g/mol. The molecule has 0 atom stereocenters. The van der Waals surface area contributed by atoms with Crippen molar-refractivity contribution in [2.75, 3.05) is 5.32 Å². The molecule has 27 heavy (non-hydrogen) atoms. The van der Waals surface area contributed by atoms with Gasteiger partial charge in [-0.2, -0.15) is 0 Å². The number of hydrogen-bond acceptors (Lipinski definition) is 3. The van der Waals surface area contributed by atoms with Gasteiger partial charge in [0, 0.05) is 5.69 Å². The molecule has 0 bridgehead atoms. The number of nitrogens with zero attached hydrogens (tertiary/aromatic N) is 1. The Hall–Kier alpha value is -1.65. The molecule has 2 aromatic carbocycles. The number of rotatable bonds is 4. The fourth-order valence-electron chi connectivity index (χ4n) is 3.27. The molecule has 3 rings (SSSR count). The van der Waals surface area contributed by atoms with E-state index >= 15 is 0 Å². The zero-order valence-corrected chi connectivity index (χ0v) is 18.4. The summed E-state index contributed by atoms with van der Waals surface area (Å²) >= 11 is 0. The van der Waals surface area contributed by atoms with Gasteiger partial charge in [0.05, 0.1) is 11.4 Å². The van der Waals surface area contributed by atoms with E-state index in [1.807, 2.05) is 19.1 Å². The predicted octanol–water partition coefficient (Wildman–Crippen LogP) is 3.07. The van der Waals surface area contributed by atoms with Crippen LogP contribution in [0.5, 0.6) is 0 Å². The molecule has 0 radical (unpaired) electrons. The van der Waals surface area contributed by atoms with Crippen LogP contribution < -0.4 is 16.2 Å². The summed E-state index contributed by atoms with van der Waals surface area (Å²) in [6.07, 6.45) is 4.59. The number of benzene rings is 2. The van der Waals surface area contributed by atoms with Crippen LogP contribution in [-0.4, -0.2) is 14.4 Å². The van der Waals surface area contributed by atoms with Gasteiger partial charge in [-0.15, -0.1) is 24.0 Å². The molecule has 0 unspecified atom stereocenters. The van der Waals surface area contributed by atoms with Gasteiger partial charge in [0.1, 0.15) is 0 Å². The van der Waals surface area contributed by atoms with Crippen molar-refractivity contribution in [2.24, 2.45) is 15.9 Å². The van der Waals surface area contributed by atoms with Crippen molar-refractivity contribution in [1.82, 2.24) is 0 Å². The number of nitrogens with one attached hydrogen (secondary N) is 1. The van der Waals surface area contributed by atoms with Crippen molar-refractivity contribution >= 4 is 45.6 Å². The number of aliphatic imine (C=N–C) groups is 1.